The second-order valence-corrected chi connectivity index (χ2v) is 5.35. The summed E-state index contributed by atoms with van der Waals surface area (Å²) in [4.78, 5) is 27.2. The number of aliphatic hydroxyl groups excluding tert-OH is 1. The Morgan fingerprint density at radius 2 is 1.94 bits per heavy atom. The maximum atomic E-state index is 10.5. The van der Waals surface area contributed by atoms with E-state index in [1.807, 2.05) is 0 Å². The molecule has 0 radical (unpaired) electrons. The number of hydrogen-bond acceptors (Lipinski definition) is 4. The summed E-state index contributed by atoms with van der Waals surface area (Å²) in [6.07, 6.45) is -1.14. The molecule has 16 heavy (non-hydrogen) atoms. The van der Waals surface area contributed by atoms with Crippen LogP contribution in [-0.2, 0) is 13.9 Å². The van der Waals surface area contributed by atoms with Gasteiger partial charge in [0.05, 0.1) is 20.7 Å². The van der Waals surface area contributed by atoms with Gasteiger partial charge in [-0.3, -0.25) is 4.52 Å². The first-order valence-corrected chi connectivity index (χ1v) is 5.97. The number of carbonyl (C=O) groups is 1. The first-order chi connectivity index (χ1) is 7.02. The summed E-state index contributed by atoms with van der Waals surface area (Å²) in [7, 11) is -1.44. The summed E-state index contributed by atoms with van der Waals surface area (Å²) in [5.74, 6) is -1.02. The van der Waals surface area contributed by atoms with Crippen LogP contribution >= 0.6 is 7.82 Å². The van der Waals surface area contributed by atoms with Crippen molar-refractivity contribution < 1.29 is 38.4 Å². The Morgan fingerprint density at radius 1 is 1.44 bits per heavy atom. The van der Waals surface area contributed by atoms with E-state index < -0.39 is 26.5 Å². The fourth-order valence-electron chi connectivity index (χ4n) is 1.24. The predicted molar refractivity (Wildman–Crippen MR) is 53.5 cm³/mol. The average molecular weight is 258 g/mol. The lowest BCUT2D eigenvalue weighted by molar-refractivity contribution is -0.886. The van der Waals surface area contributed by atoms with Crippen molar-refractivity contribution in [2.24, 2.45) is 0 Å². The van der Waals surface area contributed by atoms with Gasteiger partial charge in [0.25, 0.3) is 0 Å². The van der Waals surface area contributed by atoms with Gasteiger partial charge >= 0.3 is 13.8 Å². The molecule has 0 fully saturated rings. The molecule has 1 atom stereocenters. The normalized spacial score (nSPS) is 14.8. The van der Waals surface area contributed by atoms with Crippen LogP contribution in [0.25, 0.3) is 0 Å². The molecule has 0 aliphatic carbocycles. The number of hydrogen-bond donors (Lipinski definition) is 4. The van der Waals surface area contributed by atoms with Crippen LogP contribution in [0.2, 0.25) is 0 Å². The van der Waals surface area contributed by atoms with Gasteiger partial charge in [-0.2, -0.15) is 0 Å². The Bertz CT molecular complexity index is 286. The predicted octanol–water partition coefficient (Wildman–Crippen LogP) is -1.38. The lowest BCUT2D eigenvalue weighted by Gasteiger charge is -2.29. The number of aliphatic carboxylic acids is 1. The van der Waals surface area contributed by atoms with Crippen LogP contribution in [0, 0.1) is 0 Å². The molecule has 0 rings (SSSR count). The van der Waals surface area contributed by atoms with Crippen LogP contribution in [0.4, 0.5) is 0 Å². The minimum atomic E-state index is -4.60. The molecule has 0 aromatic rings. The molecule has 8 nitrogen and oxygen atoms in total. The highest BCUT2D eigenvalue weighted by Gasteiger charge is 2.25. The molecule has 0 spiro atoms. The second-order valence-electron chi connectivity index (χ2n) is 4.11. The third kappa shape index (κ3) is 8.78. The average Bonchev–Trinajstić information content (AvgIpc) is 1.95. The Morgan fingerprint density at radius 3 is 2.31 bits per heavy atom. The Hall–Kier alpha value is -0.500. The van der Waals surface area contributed by atoms with Crippen molar-refractivity contribution in [2.45, 2.75) is 6.10 Å². The summed E-state index contributed by atoms with van der Waals surface area (Å²) in [5.41, 5.74) is 0. The number of phosphoric acid groups is 1. The smallest absolute Gasteiger partial charge is 0.469 e. The number of phosphoric ester groups is 1. The van der Waals surface area contributed by atoms with Crippen molar-refractivity contribution in [2.75, 3.05) is 33.8 Å². The number of likely N-dealkylation sites (N-methyl/N-ethyl adjacent to an activating group) is 1. The molecule has 96 valence electrons. The van der Waals surface area contributed by atoms with E-state index in [0.717, 1.165) is 0 Å². The molecule has 4 N–H and O–H groups in total. The highest BCUT2D eigenvalue weighted by Crippen LogP contribution is 2.35. The monoisotopic (exact) mass is 258 g/mol. The fourth-order valence-corrected chi connectivity index (χ4v) is 1.60. The molecule has 1 unspecified atom stereocenters. The van der Waals surface area contributed by atoms with Crippen molar-refractivity contribution in [3.63, 3.8) is 0 Å². The summed E-state index contributed by atoms with van der Waals surface area (Å²) < 4.78 is 14.4. The van der Waals surface area contributed by atoms with Gasteiger partial charge in [-0.1, -0.05) is 0 Å². The summed E-state index contributed by atoms with van der Waals surface area (Å²) in [6.45, 7) is -0.717. The van der Waals surface area contributed by atoms with E-state index in [1.54, 1.807) is 14.1 Å². The number of aliphatic hydroxyl groups is 1. The van der Waals surface area contributed by atoms with Crippen molar-refractivity contribution in [3.05, 3.63) is 0 Å². The van der Waals surface area contributed by atoms with E-state index in [4.69, 9.17) is 14.9 Å². The third-order valence-corrected chi connectivity index (χ3v) is 2.19. The van der Waals surface area contributed by atoms with E-state index in [9.17, 15) is 14.5 Å². The van der Waals surface area contributed by atoms with Gasteiger partial charge in [-0.25, -0.2) is 9.36 Å². The number of carboxylic acids is 1. The largest absolute Gasteiger partial charge is 0.477 e. The summed E-state index contributed by atoms with van der Waals surface area (Å²) in [6, 6.07) is 0. The number of rotatable bonds is 7. The highest BCUT2D eigenvalue weighted by atomic mass is 31.2. The van der Waals surface area contributed by atoms with Gasteiger partial charge in [-0.15, -0.1) is 0 Å². The zero-order valence-corrected chi connectivity index (χ0v) is 10.0. The molecule has 0 amide bonds. The minimum Gasteiger partial charge on any atom is -0.477 e. The fraction of sp³-hybridized carbons (Fsp3) is 0.857. The van der Waals surface area contributed by atoms with E-state index in [0.29, 0.717) is 0 Å². The SMILES string of the molecule is C[N+](C)(CC(=O)O)CC(O)COP(=O)(O)O. The lowest BCUT2D eigenvalue weighted by atomic mass is 10.3. The van der Waals surface area contributed by atoms with Gasteiger partial charge < -0.3 is 24.5 Å². The third-order valence-electron chi connectivity index (χ3n) is 1.70. The molecule has 0 aliphatic heterocycles. The Labute approximate surface area is 92.9 Å². The molecule has 0 aromatic carbocycles. The maximum Gasteiger partial charge on any atom is 0.469 e. The molecule has 0 bridgehead atoms. The molecular formula is C7H17NO7P+. The molecule has 9 heteroatoms. The van der Waals surface area contributed by atoms with Gasteiger partial charge in [-0.05, 0) is 0 Å². The van der Waals surface area contributed by atoms with E-state index in [2.05, 4.69) is 4.52 Å². The van der Waals surface area contributed by atoms with Gasteiger partial charge in [0.15, 0.2) is 6.54 Å². The summed E-state index contributed by atoms with van der Waals surface area (Å²) in [5, 5.41) is 18.0. The van der Waals surface area contributed by atoms with Gasteiger partial charge in [0, 0.05) is 0 Å². The molecule has 0 aliphatic rings. The molecular weight excluding hydrogens is 241 g/mol. The quantitative estimate of drug-likeness (QED) is 0.327. The standard InChI is InChI=1S/C7H16NO7P/c1-8(2,4-7(10)11)3-6(9)5-15-16(12,13)14/h6,9H,3-5H2,1-2H3,(H2-,10,11,12,13,14)/p+1. The summed E-state index contributed by atoms with van der Waals surface area (Å²) >= 11 is 0. The van der Waals surface area contributed by atoms with Crippen molar-refractivity contribution in [1.29, 1.82) is 0 Å². The van der Waals surface area contributed by atoms with Crippen LogP contribution < -0.4 is 0 Å². The molecule has 0 aromatic heterocycles. The van der Waals surface area contributed by atoms with E-state index >= 15 is 0 Å². The van der Waals surface area contributed by atoms with Crippen molar-refractivity contribution in [3.8, 4) is 0 Å². The topological polar surface area (TPSA) is 124 Å². The lowest BCUT2D eigenvalue weighted by Crippen LogP contribution is -2.49. The molecule has 0 saturated heterocycles. The zero-order valence-electron chi connectivity index (χ0n) is 9.11. The first-order valence-electron chi connectivity index (χ1n) is 4.44. The van der Waals surface area contributed by atoms with Gasteiger partial charge in [0.1, 0.15) is 12.6 Å². The van der Waals surface area contributed by atoms with Gasteiger partial charge in [0.2, 0.25) is 0 Å². The van der Waals surface area contributed by atoms with Crippen molar-refractivity contribution in [1.82, 2.24) is 0 Å². The van der Waals surface area contributed by atoms with E-state index in [-0.39, 0.29) is 17.6 Å². The van der Waals surface area contributed by atoms with Crippen LogP contribution in [-0.4, -0.2) is 70.3 Å². The zero-order chi connectivity index (χ0) is 13.0. The van der Waals surface area contributed by atoms with Crippen molar-refractivity contribution >= 4 is 13.8 Å². The number of carboxylic acid groups (broad SMARTS) is 1. The van der Waals surface area contributed by atoms with Crippen LogP contribution in [0.5, 0.6) is 0 Å². The van der Waals surface area contributed by atoms with Crippen LogP contribution in [0.3, 0.4) is 0 Å². The minimum absolute atomic E-state index is 0.0129. The first kappa shape index (κ1) is 15.5. The van der Waals surface area contributed by atoms with E-state index in [1.165, 1.54) is 0 Å². The number of quaternary nitrogens is 1. The maximum absolute atomic E-state index is 10.5. The molecule has 0 saturated carbocycles. The van der Waals surface area contributed by atoms with Crippen LogP contribution in [0.1, 0.15) is 0 Å². The highest BCUT2D eigenvalue weighted by molar-refractivity contribution is 7.46. The number of nitrogens with zero attached hydrogens (tertiary/aromatic N) is 1. The molecule has 0 heterocycles. The Balaban J connectivity index is 4.08. The Kier molecular flexibility index (Phi) is 5.54. The second kappa shape index (κ2) is 5.72. The van der Waals surface area contributed by atoms with Crippen LogP contribution in [0.15, 0.2) is 0 Å².